The van der Waals surface area contributed by atoms with Crippen LogP contribution in [0, 0.1) is 6.92 Å². The van der Waals surface area contributed by atoms with Gasteiger partial charge in [-0.1, -0.05) is 42.5 Å². The van der Waals surface area contributed by atoms with E-state index in [0.717, 1.165) is 43.7 Å². The standard InChI is InChI=1S/C26H30N2O4/c1-20-16-26(30)32-25-17-23(9-10-24(20)25)31-19-22(29)18-28-14-12-27(13-15-28)11-5-8-21-6-3-2-4-7-21/h2-10,16-17,22,29H,11-15,18-19H2,1H3. The monoisotopic (exact) mass is 434 g/mol. The van der Waals surface area contributed by atoms with E-state index >= 15 is 0 Å². The van der Waals surface area contributed by atoms with E-state index in [-0.39, 0.29) is 12.2 Å². The van der Waals surface area contributed by atoms with Crippen molar-refractivity contribution >= 4 is 17.0 Å². The Balaban J connectivity index is 1.20. The highest BCUT2D eigenvalue weighted by molar-refractivity contribution is 5.81. The molecular formula is C26H30N2O4. The maximum Gasteiger partial charge on any atom is 0.336 e. The van der Waals surface area contributed by atoms with E-state index in [1.807, 2.05) is 37.3 Å². The number of hydrogen-bond donors (Lipinski definition) is 1. The van der Waals surface area contributed by atoms with Crippen LogP contribution in [-0.2, 0) is 0 Å². The molecule has 1 atom stereocenters. The average molecular weight is 435 g/mol. The quantitative estimate of drug-likeness (QED) is 0.550. The summed E-state index contributed by atoms with van der Waals surface area (Å²) in [4.78, 5) is 16.3. The Hall–Kier alpha value is -2.93. The highest BCUT2D eigenvalue weighted by Crippen LogP contribution is 2.22. The van der Waals surface area contributed by atoms with Crippen molar-refractivity contribution in [3.63, 3.8) is 0 Å². The zero-order chi connectivity index (χ0) is 22.3. The number of piperazine rings is 1. The van der Waals surface area contributed by atoms with Crippen LogP contribution in [0.3, 0.4) is 0 Å². The van der Waals surface area contributed by atoms with Crippen LogP contribution in [0.2, 0.25) is 0 Å². The van der Waals surface area contributed by atoms with Crippen molar-refractivity contribution in [3.05, 3.63) is 82.2 Å². The molecule has 1 aliphatic rings. The number of hydrogen-bond acceptors (Lipinski definition) is 6. The van der Waals surface area contributed by atoms with E-state index in [1.165, 1.54) is 11.6 Å². The van der Waals surface area contributed by atoms with Crippen LogP contribution in [0.15, 0.2) is 69.9 Å². The fourth-order valence-electron chi connectivity index (χ4n) is 3.99. The first-order chi connectivity index (χ1) is 15.6. The molecule has 2 aromatic carbocycles. The summed E-state index contributed by atoms with van der Waals surface area (Å²) in [6.07, 6.45) is 3.79. The van der Waals surface area contributed by atoms with Crippen molar-refractivity contribution in [2.75, 3.05) is 45.9 Å². The Morgan fingerprint density at radius 1 is 1.06 bits per heavy atom. The molecule has 1 N–H and O–H groups in total. The van der Waals surface area contributed by atoms with Crippen molar-refractivity contribution in [3.8, 4) is 5.75 Å². The Morgan fingerprint density at radius 3 is 2.59 bits per heavy atom. The minimum absolute atomic E-state index is 0.196. The first-order valence-electron chi connectivity index (χ1n) is 11.1. The third-order valence-electron chi connectivity index (χ3n) is 5.77. The van der Waals surface area contributed by atoms with Crippen molar-refractivity contribution < 1.29 is 14.3 Å². The van der Waals surface area contributed by atoms with Gasteiger partial charge >= 0.3 is 5.63 Å². The molecular weight excluding hydrogens is 404 g/mol. The van der Waals surface area contributed by atoms with Gasteiger partial charge in [-0.3, -0.25) is 9.80 Å². The highest BCUT2D eigenvalue weighted by Gasteiger charge is 2.19. The van der Waals surface area contributed by atoms with Crippen LogP contribution in [0.25, 0.3) is 17.0 Å². The molecule has 6 nitrogen and oxygen atoms in total. The normalized spacial score (nSPS) is 16.6. The molecule has 3 aromatic rings. The highest BCUT2D eigenvalue weighted by atomic mass is 16.5. The zero-order valence-electron chi connectivity index (χ0n) is 18.4. The fraction of sp³-hybridized carbons (Fsp3) is 0.346. The van der Waals surface area contributed by atoms with Crippen molar-refractivity contribution in [2.24, 2.45) is 0 Å². The van der Waals surface area contributed by atoms with E-state index in [0.29, 0.717) is 17.9 Å². The molecule has 168 valence electrons. The van der Waals surface area contributed by atoms with Crippen LogP contribution in [0.4, 0.5) is 0 Å². The molecule has 0 radical (unpaired) electrons. The Kier molecular flexibility index (Phi) is 7.37. The Labute approximate surface area is 188 Å². The Morgan fingerprint density at radius 2 is 1.81 bits per heavy atom. The van der Waals surface area contributed by atoms with Gasteiger partial charge in [-0.2, -0.15) is 0 Å². The third kappa shape index (κ3) is 6.07. The molecule has 32 heavy (non-hydrogen) atoms. The molecule has 1 saturated heterocycles. The summed E-state index contributed by atoms with van der Waals surface area (Å²) >= 11 is 0. The minimum Gasteiger partial charge on any atom is -0.491 e. The third-order valence-corrected chi connectivity index (χ3v) is 5.77. The summed E-state index contributed by atoms with van der Waals surface area (Å²) in [7, 11) is 0. The number of fused-ring (bicyclic) bond motifs is 1. The predicted molar refractivity (Wildman–Crippen MR) is 127 cm³/mol. The van der Waals surface area contributed by atoms with E-state index < -0.39 is 6.10 Å². The Bertz CT molecular complexity index is 1100. The summed E-state index contributed by atoms with van der Waals surface area (Å²) in [5.74, 6) is 0.584. The zero-order valence-corrected chi connectivity index (χ0v) is 18.4. The topological polar surface area (TPSA) is 66.2 Å². The number of rotatable bonds is 8. The fourth-order valence-corrected chi connectivity index (χ4v) is 3.99. The number of nitrogens with zero attached hydrogens (tertiary/aromatic N) is 2. The lowest BCUT2D eigenvalue weighted by atomic mass is 10.1. The maximum atomic E-state index is 11.6. The second-order valence-electron chi connectivity index (χ2n) is 8.29. The van der Waals surface area contributed by atoms with Crippen LogP contribution in [0.1, 0.15) is 11.1 Å². The van der Waals surface area contributed by atoms with Gasteiger partial charge in [-0.05, 0) is 30.2 Å². The van der Waals surface area contributed by atoms with Gasteiger partial charge in [0.1, 0.15) is 24.0 Å². The molecule has 1 fully saturated rings. The lowest BCUT2D eigenvalue weighted by Gasteiger charge is -2.35. The van der Waals surface area contributed by atoms with Gasteiger partial charge in [0.2, 0.25) is 0 Å². The SMILES string of the molecule is Cc1cc(=O)oc2cc(OCC(O)CN3CCN(CC=Cc4ccccc4)CC3)ccc12. The second kappa shape index (κ2) is 10.6. The number of aliphatic hydroxyl groups excluding tert-OH is 1. The first kappa shape index (κ1) is 22.3. The van der Waals surface area contributed by atoms with Gasteiger partial charge in [0.15, 0.2) is 0 Å². The van der Waals surface area contributed by atoms with Crippen molar-refractivity contribution in [1.82, 2.24) is 9.80 Å². The summed E-state index contributed by atoms with van der Waals surface area (Å²) in [5, 5.41) is 11.3. The molecule has 4 rings (SSSR count). The number of aliphatic hydroxyl groups is 1. The molecule has 0 bridgehead atoms. The van der Waals surface area contributed by atoms with Crippen LogP contribution in [0.5, 0.6) is 5.75 Å². The number of ether oxygens (including phenoxy) is 1. The summed E-state index contributed by atoms with van der Waals surface area (Å²) in [6.45, 7) is 7.41. The van der Waals surface area contributed by atoms with Crippen LogP contribution in [-0.4, -0.2) is 66.9 Å². The van der Waals surface area contributed by atoms with Gasteiger partial charge in [0.25, 0.3) is 0 Å². The van der Waals surface area contributed by atoms with Crippen molar-refractivity contribution in [2.45, 2.75) is 13.0 Å². The molecule has 1 aromatic heterocycles. The first-order valence-corrected chi connectivity index (χ1v) is 11.1. The predicted octanol–water partition coefficient (Wildman–Crippen LogP) is 3.17. The maximum absolute atomic E-state index is 11.6. The largest absolute Gasteiger partial charge is 0.491 e. The average Bonchev–Trinajstić information content (AvgIpc) is 2.79. The van der Waals surface area contributed by atoms with E-state index in [4.69, 9.17) is 9.15 Å². The summed E-state index contributed by atoms with van der Waals surface area (Å²) in [6, 6.07) is 17.2. The van der Waals surface area contributed by atoms with Gasteiger partial charge < -0.3 is 14.3 Å². The lowest BCUT2D eigenvalue weighted by Crippen LogP contribution is -2.49. The minimum atomic E-state index is -0.584. The second-order valence-corrected chi connectivity index (χ2v) is 8.29. The van der Waals surface area contributed by atoms with Gasteiger partial charge in [0.05, 0.1) is 0 Å². The van der Waals surface area contributed by atoms with Crippen LogP contribution >= 0.6 is 0 Å². The summed E-state index contributed by atoms with van der Waals surface area (Å²) < 4.78 is 11.0. The molecule has 0 spiro atoms. The van der Waals surface area contributed by atoms with Gasteiger partial charge in [-0.15, -0.1) is 0 Å². The molecule has 0 saturated carbocycles. The van der Waals surface area contributed by atoms with E-state index in [2.05, 4.69) is 34.1 Å². The van der Waals surface area contributed by atoms with Gasteiger partial charge in [0, 0.05) is 56.8 Å². The lowest BCUT2D eigenvalue weighted by molar-refractivity contribution is 0.0482. The van der Waals surface area contributed by atoms with Crippen LogP contribution < -0.4 is 10.4 Å². The van der Waals surface area contributed by atoms with Crippen molar-refractivity contribution in [1.29, 1.82) is 0 Å². The molecule has 0 amide bonds. The smallest absolute Gasteiger partial charge is 0.336 e. The number of benzene rings is 2. The molecule has 1 unspecified atom stereocenters. The van der Waals surface area contributed by atoms with Gasteiger partial charge in [-0.25, -0.2) is 4.79 Å². The number of aryl methyl sites for hydroxylation is 1. The molecule has 2 heterocycles. The molecule has 1 aliphatic heterocycles. The number of β-amino-alcohol motifs (C(OH)–C–C–N with tert-alkyl or cyclic N) is 1. The molecule has 6 heteroatoms. The summed E-state index contributed by atoms with van der Waals surface area (Å²) in [5.41, 5.74) is 2.22. The molecule has 0 aliphatic carbocycles. The van der Waals surface area contributed by atoms with E-state index in [9.17, 15) is 9.90 Å². The van der Waals surface area contributed by atoms with E-state index in [1.54, 1.807) is 6.07 Å².